The maximum atomic E-state index is 4.54. The Morgan fingerprint density at radius 3 is 1.95 bits per heavy atom. The third-order valence-corrected chi connectivity index (χ3v) is 6.02. The van der Waals surface area contributed by atoms with Crippen molar-refractivity contribution in [1.29, 1.82) is 0 Å². The molecule has 0 aliphatic carbocycles. The molecular weight excluding hydrogens is 315 g/mol. The average Bonchev–Trinajstić information content (AvgIpc) is 3.18. The first-order valence-electron chi connectivity index (χ1n) is 6.61. The van der Waals surface area contributed by atoms with Crippen LogP contribution in [0.4, 0.5) is 0 Å². The Labute approximate surface area is 135 Å². The predicted molar refractivity (Wildman–Crippen MR) is 97.0 cm³/mol. The molecule has 0 saturated carbocycles. The van der Waals surface area contributed by atoms with Crippen molar-refractivity contribution < 1.29 is 0 Å². The summed E-state index contributed by atoms with van der Waals surface area (Å²) in [5, 5.41) is 0. The van der Waals surface area contributed by atoms with Gasteiger partial charge in [0.25, 0.3) is 0 Å². The van der Waals surface area contributed by atoms with Crippen LogP contribution in [0.5, 0.6) is 0 Å². The van der Waals surface area contributed by atoms with E-state index in [1.165, 1.54) is 42.3 Å². The van der Waals surface area contributed by atoms with Crippen LogP contribution in [0.25, 0.3) is 31.9 Å². The Bertz CT molecular complexity index is 861. The molecule has 0 radical (unpaired) electrons. The van der Waals surface area contributed by atoms with Crippen LogP contribution in [0.3, 0.4) is 0 Å². The molecule has 0 amide bonds. The molecule has 3 aromatic heterocycles. The first-order valence-corrected chi connectivity index (χ1v) is 8.97. The molecule has 0 bridgehead atoms. The van der Waals surface area contributed by atoms with Crippen molar-refractivity contribution in [3.63, 3.8) is 0 Å². The van der Waals surface area contributed by atoms with Gasteiger partial charge in [-0.25, -0.2) is 0 Å². The van der Waals surface area contributed by atoms with Crippen LogP contribution >= 0.6 is 34.4 Å². The summed E-state index contributed by atoms with van der Waals surface area (Å²) < 4.78 is 10.4. The Hall–Kier alpha value is -1.50. The van der Waals surface area contributed by atoms with Gasteiger partial charge in [0.2, 0.25) is 0 Å². The van der Waals surface area contributed by atoms with E-state index in [1.54, 1.807) is 22.7 Å². The Morgan fingerprint density at radius 1 is 0.810 bits per heavy atom. The summed E-state index contributed by atoms with van der Waals surface area (Å²) in [6, 6.07) is 13.0. The molecule has 0 aliphatic rings. The minimum absolute atomic E-state index is 1.02. The number of thiophene rings is 2. The van der Waals surface area contributed by atoms with Gasteiger partial charge in [-0.05, 0) is 29.9 Å². The summed E-state index contributed by atoms with van der Waals surface area (Å²) in [4.78, 5) is 3.84. The van der Waals surface area contributed by atoms with Gasteiger partial charge in [-0.2, -0.15) is 20.1 Å². The van der Waals surface area contributed by atoms with Gasteiger partial charge in [-0.3, -0.25) is 0 Å². The van der Waals surface area contributed by atoms with Crippen molar-refractivity contribution in [3.05, 3.63) is 41.3 Å². The fourth-order valence-corrected chi connectivity index (χ4v) is 4.78. The molecule has 0 fully saturated rings. The summed E-state index contributed by atoms with van der Waals surface area (Å²) in [6.07, 6.45) is 0. The maximum Gasteiger partial charge on any atom is 0.152 e. The number of nitrogens with zero attached hydrogens (tertiary/aromatic N) is 2. The second-order valence-corrected chi connectivity index (χ2v) is 8.05. The fourth-order valence-electron chi connectivity index (χ4n) is 2.42. The van der Waals surface area contributed by atoms with Gasteiger partial charge in [0.1, 0.15) is 11.0 Å². The molecule has 1 aromatic carbocycles. The summed E-state index contributed by atoms with van der Waals surface area (Å²) in [6.45, 7) is 2.13. The van der Waals surface area contributed by atoms with Gasteiger partial charge in [-0.15, -0.1) is 11.3 Å². The highest BCUT2D eigenvalue weighted by molar-refractivity contribution is 7.23. The fraction of sp³-hybridized carbons (Fsp3) is 0.0667. The van der Waals surface area contributed by atoms with Gasteiger partial charge >= 0.3 is 0 Å². The summed E-state index contributed by atoms with van der Waals surface area (Å²) >= 11 is 4.90. The molecule has 6 heteroatoms. The van der Waals surface area contributed by atoms with Crippen molar-refractivity contribution in [1.82, 2.24) is 8.75 Å². The largest absolute Gasteiger partial charge is 0.172 e. The first kappa shape index (κ1) is 13.2. The topological polar surface area (TPSA) is 25.8 Å². The third kappa shape index (κ3) is 2.23. The number of hydrogen-bond acceptors (Lipinski definition) is 5. The normalized spacial score (nSPS) is 11.3. The lowest BCUT2D eigenvalue weighted by Crippen LogP contribution is -1.88. The molecule has 4 aromatic rings. The van der Waals surface area contributed by atoms with Crippen LogP contribution in [-0.4, -0.2) is 16.6 Å². The molecular formula is C15H11BN2S3. The lowest BCUT2D eigenvalue weighted by Gasteiger charge is -2.03. The quantitative estimate of drug-likeness (QED) is 0.525. The van der Waals surface area contributed by atoms with E-state index in [1.807, 2.05) is 0 Å². The van der Waals surface area contributed by atoms with Crippen LogP contribution in [-0.2, 0) is 0 Å². The minimum Gasteiger partial charge on any atom is -0.172 e. The van der Waals surface area contributed by atoms with Crippen LogP contribution in [0.2, 0.25) is 0 Å². The van der Waals surface area contributed by atoms with Crippen LogP contribution in [0.15, 0.2) is 36.4 Å². The van der Waals surface area contributed by atoms with E-state index in [-0.39, 0.29) is 0 Å². The second kappa shape index (κ2) is 5.05. The number of fused-ring (bicyclic) bond motifs is 1. The number of aromatic nitrogens is 2. The van der Waals surface area contributed by atoms with Gasteiger partial charge in [0.15, 0.2) is 7.85 Å². The average molecular weight is 326 g/mol. The summed E-state index contributed by atoms with van der Waals surface area (Å²) in [5.74, 6) is 0. The van der Waals surface area contributed by atoms with Crippen molar-refractivity contribution in [2.75, 3.05) is 0 Å². The maximum absolute atomic E-state index is 4.54. The molecule has 102 valence electrons. The van der Waals surface area contributed by atoms with Gasteiger partial charge in [0.05, 0.1) is 11.7 Å². The second-order valence-electron chi connectivity index (χ2n) is 4.94. The molecule has 0 atom stereocenters. The molecule has 4 rings (SSSR count). The van der Waals surface area contributed by atoms with E-state index in [0.29, 0.717) is 0 Å². The van der Waals surface area contributed by atoms with Crippen LogP contribution in [0, 0.1) is 6.92 Å². The summed E-state index contributed by atoms with van der Waals surface area (Å²) in [7, 11) is 2.13. The standard InChI is InChI=1S/C15H11BN2S3/c1-8-2-5-11(19-8)9-3-4-10(12-6-7-13(16)20-12)15-14(9)17-21-18-15/h2-7H,16H2,1H3. The number of rotatable bonds is 2. The Morgan fingerprint density at radius 2 is 1.43 bits per heavy atom. The van der Waals surface area contributed by atoms with Crippen molar-refractivity contribution in [2.45, 2.75) is 6.92 Å². The zero-order valence-electron chi connectivity index (χ0n) is 11.6. The molecule has 0 saturated heterocycles. The molecule has 2 nitrogen and oxygen atoms in total. The van der Waals surface area contributed by atoms with E-state index in [4.69, 9.17) is 0 Å². The first-order chi connectivity index (χ1) is 10.2. The van der Waals surface area contributed by atoms with Gasteiger partial charge in [-0.1, -0.05) is 18.2 Å². The van der Waals surface area contributed by atoms with E-state index in [0.717, 1.165) is 11.0 Å². The smallest absolute Gasteiger partial charge is 0.152 e. The zero-order valence-corrected chi connectivity index (χ0v) is 14.0. The highest BCUT2D eigenvalue weighted by Gasteiger charge is 2.14. The summed E-state index contributed by atoms with van der Waals surface area (Å²) in [5.41, 5.74) is 4.42. The molecule has 21 heavy (non-hydrogen) atoms. The van der Waals surface area contributed by atoms with Crippen LogP contribution in [0.1, 0.15) is 4.88 Å². The van der Waals surface area contributed by atoms with E-state index in [9.17, 15) is 0 Å². The highest BCUT2D eigenvalue weighted by Crippen LogP contribution is 2.37. The molecule has 0 N–H and O–H groups in total. The minimum atomic E-state index is 1.02. The van der Waals surface area contributed by atoms with Crippen molar-refractivity contribution >= 4 is 58.1 Å². The number of aryl methyl sites for hydroxylation is 1. The number of hydrogen-bond donors (Lipinski definition) is 0. The van der Waals surface area contributed by atoms with E-state index in [2.05, 4.69) is 59.9 Å². The SMILES string of the molecule is Bc1ccc(-c2ccc(-c3ccc(C)s3)c3nsnc23)s1. The third-order valence-electron chi connectivity index (χ3n) is 3.43. The lowest BCUT2D eigenvalue weighted by molar-refractivity contribution is 1.63. The van der Waals surface area contributed by atoms with Crippen molar-refractivity contribution in [2.24, 2.45) is 0 Å². The predicted octanol–water partition coefficient (Wildman–Crippen LogP) is 3.72. The molecule has 0 unspecified atom stereocenters. The van der Waals surface area contributed by atoms with Crippen molar-refractivity contribution in [3.8, 4) is 20.9 Å². The number of benzene rings is 1. The van der Waals surface area contributed by atoms with E-state index < -0.39 is 0 Å². The molecule has 0 aliphatic heterocycles. The van der Waals surface area contributed by atoms with Crippen LogP contribution < -0.4 is 4.78 Å². The molecule has 0 spiro atoms. The monoisotopic (exact) mass is 326 g/mol. The zero-order chi connectivity index (χ0) is 14.4. The van der Waals surface area contributed by atoms with Gasteiger partial charge in [0, 0.05) is 25.8 Å². The van der Waals surface area contributed by atoms with Gasteiger partial charge < -0.3 is 0 Å². The molecule has 3 heterocycles. The Balaban J connectivity index is 1.96. The lowest BCUT2D eigenvalue weighted by atomic mass is 10.1. The highest BCUT2D eigenvalue weighted by atomic mass is 32.1. The van der Waals surface area contributed by atoms with E-state index >= 15 is 0 Å². The Kier molecular flexibility index (Phi) is 3.17.